The molecule has 3 heteroatoms. The first-order chi connectivity index (χ1) is 12.6. The smallest absolute Gasteiger partial charge is 0.227 e. The highest BCUT2D eigenvalue weighted by Crippen LogP contribution is 2.36. The van der Waals surface area contributed by atoms with Crippen LogP contribution in [-0.2, 0) is 6.61 Å². The molecule has 1 aliphatic carbocycles. The van der Waals surface area contributed by atoms with Crippen molar-refractivity contribution in [1.29, 1.82) is 0 Å². The Bertz CT molecular complexity index is 794. The van der Waals surface area contributed by atoms with Crippen LogP contribution in [0, 0.1) is 12.3 Å². The summed E-state index contributed by atoms with van der Waals surface area (Å²) in [6, 6.07) is 11.3. The van der Waals surface area contributed by atoms with Crippen molar-refractivity contribution in [3.8, 4) is 5.75 Å². The van der Waals surface area contributed by atoms with E-state index in [0.29, 0.717) is 23.9 Å². The lowest BCUT2D eigenvalue weighted by Crippen LogP contribution is -2.12. The van der Waals surface area contributed by atoms with Crippen molar-refractivity contribution in [2.24, 2.45) is 5.41 Å². The van der Waals surface area contributed by atoms with Crippen LogP contribution in [0.15, 0.2) is 51.7 Å². The number of hydrogen-bond acceptors (Lipinski definition) is 3. The molecule has 0 N–H and O–H groups in total. The van der Waals surface area contributed by atoms with Crippen LogP contribution >= 0.6 is 0 Å². The minimum atomic E-state index is -0.129. The average Bonchev–Trinajstić information content (AvgIpc) is 2.85. The SMILES string of the molecule is Cc1oc(C=CC2(C)CCCCCC2)cc(=O)c1OCc1ccccc1. The summed E-state index contributed by atoms with van der Waals surface area (Å²) in [6.07, 6.45) is 11.8. The summed E-state index contributed by atoms with van der Waals surface area (Å²) < 4.78 is 11.5. The first kappa shape index (κ1) is 18.5. The molecule has 0 radical (unpaired) electrons. The molecule has 0 aliphatic heterocycles. The minimum absolute atomic E-state index is 0.129. The average molecular weight is 352 g/mol. The van der Waals surface area contributed by atoms with Gasteiger partial charge in [0.15, 0.2) is 0 Å². The Morgan fingerprint density at radius 2 is 1.81 bits per heavy atom. The van der Waals surface area contributed by atoms with E-state index >= 15 is 0 Å². The minimum Gasteiger partial charge on any atom is -0.482 e. The molecule has 1 saturated carbocycles. The highest BCUT2D eigenvalue weighted by atomic mass is 16.5. The number of hydrogen-bond donors (Lipinski definition) is 0. The zero-order valence-electron chi connectivity index (χ0n) is 15.8. The molecule has 0 saturated heterocycles. The molecule has 0 unspecified atom stereocenters. The molecule has 2 aromatic rings. The Morgan fingerprint density at radius 3 is 2.46 bits per heavy atom. The molecule has 1 heterocycles. The monoisotopic (exact) mass is 352 g/mol. The summed E-state index contributed by atoms with van der Waals surface area (Å²) in [5.41, 5.74) is 1.10. The zero-order valence-corrected chi connectivity index (χ0v) is 15.8. The normalized spacial score (nSPS) is 17.2. The van der Waals surface area contributed by atoms with Crippen molar-refractivity contribution in [2.75, 3.05) is 0 Å². The fourth-order valence-electron chi connectivity index (χ4n) is 3.59. The van der Waals surface area contributed by atoms with E-state index in [0.717, 1.165) is 5.56 Å². The van der Waals surface area contributed by atoms with Crippen molar-refractivity contribution < 1.29 is 9.15 Å². The molecule has 0 spiro atoms. The van der Waals surface area contributed by atoms with Gasteiger partial charge in [-0.25, -0.2) is 0 Å². The Morgan fingerprint density at radius 1 is 1.12 bits per heavy atom. The van der Waals surface area contributed by atoms with Crippen LogP contribution in [0.3, 0.4) is 0 Å². The third kappa shape index (κ3) is 4.87. The lowest BCUT2D eigenvalue weighted by molar-refractivity contribution is 0.285. The Labute approximate surface area is 155 Å². The van der Waals surface area contributed by atoms with E-state index < -0.39 is 0 Å². The lowest BCUT2D eigenvalue weighted by atomic mass is 9.82. The van der Waals surface area contributed by atoms with Gasteiger partial charge in [-0.15, -0.1) is 0 Å². The van der Waals surface area contributed by atoms with Gasteiger partial charge in [-0.05, 0) is 36.8 Å². The molecule has 1 aromatic heterocycles. The number of rotatable bonds is 5. The van der Waals surface area contributed by atoms with Gasteiger partial charge in [0, 0.05) is 6.07 Å². The summed E-state index contributed by atoms with van der Waals surface area (Å²) in [6.45, 7) is 4.45. The predicted octanol–water partition coefficient (Wildman–Crippen LogP) is 5.90. The highest BCUT2D eigenvalue weighted by Gasteiger charge is 2.22. The molecule has 0 amide bonds. The van der Waals surface area contributed by atoms with Crippen molar-refractivity contribution in [1.82, 2.24) is 0 Å². The van der Waals surface area contributed by atoms with Crippen LogP contribution < -0.4 is 10.2 Å². The summed E-state index contributed by atoms with van der Waals surface area (Å²) >= 11 is 0. The number of benzene rings is 1. The summed E-state index contributed by atoms with van der Waals surface area (Å²) in [5, 5.41) is 0. The van der Waals surface area contributed by atoms with Gasteiger partial charge >= 0.3 is 0 Å². The fraction of sp³-hybridized carbons (Fsp3) is 0.435. The molecule has 26 heavy (non-hydrogen) atoms. The van der Waals surface area contributed by atoms with Crippen molar-refractivity contribution >= 4 is 6.08 Å². The third-order valence-corrected chi connectivity index (χ3v) is 5.21. The molecule has 3 rings (SSSR count). The second-order valence-electron chi connectivity index (χ2n) is 7.57. The maximum Gasteiger partial charge on any atom is 0.227 e. The maximum absolute atomic E-state index is 12.4. The topological polar surface area (TPSA) is 39.4 Å². The van der Waals surface area contributed by atoms with Gasteiger partial charge in [0.1, 0.15) is 18.1 Å². The van der Waals surface area contributed by atoms with Gasteiger partial charge < -0.3 is 9.15 Å². The first-order valence-corrected chi connectivity index (χ1v) is 9.56. The van der Waals surface area contributed by atoms with E-state index in [1.54, 1.807) is 6.92 Å². The van der Waals surface area contributed by atoms with Gasteiger partial charge in [0.05, 0.1) is 0 Å². The van der Waals surface area contributed by atoms with Crippen LogP contribution in [0.1, 0.15) is 62.5 Å². The van der Waals surface area contributed by atoms with Crippen LogP contribution in [-0.4, -0.2) is 0 Å². The maximum atomic E-state index is 12.4. The molecule has 1 aromatic carbocycles. The number of allylic oxidation sites excluding steroid dienone is 1. The molecule has 3 nitrogen and oxygen atoms in total. The lowest BCUT2D eigenvalue weighted by Gasteiger charge is -2.23. The van der Waals surface area contributed by atoms with E-state index in [1.165, 1.54) is 44.6 Å². The molecule has 1 aliphatic rings. The van der Waals surface area contributed by atoms with Crippen molar-refractivity contribution in [3.63, 3.8) is 0 Å². The fourth-order valence-corrected chi connectivity index (χ4v) is 3.59. The zero-order chi connectivity index (χ0) is 18.4. The van der Waals surface area contributed by atoms with E-state index in [1.807, 2.05) is 36.4 Å². The first-order valence-electron chi connectivity index (χ1n) is 9.56. The highest BCUT2D eigenvalue weighted by molar-refractivity contribution is 5.45. The van der Waals surface area contributed by atoms with Crippen LogP contribution in [0.2, 0.25) is 0 Å². The van der Waals surface area contributed by atoms with E-state index in [2.05, 4.69) is 13.0 Å². The van der Waals surface area contributed by atoms with E-state index in [4.69, 9.17) is 9.15 Å². The largest absolute Gasteiger partial charge is 0.482 e. The molecular weight excluding hydrogens is 324 g/mol. The Hall–Kier alpha value is -2.29. The van der Waals surface area contributed by atoms with Gasteiger partial charge in [0.2, 0.25) is 11.2 Å². The van der Waals surface area contributed by atoms with Crippen LogP contribution in [0.4, 0.5) is 0 Å². The van der Waals surface area contributed by atoms with Gasteiger partial charge in [0.25, 0.3) is 0 Å². The quantitative estimate of drug-likeness (QED) is 0.629. The molecular formula is C23H28O3. The van der Waals surface area contributed by atoms with Gasteiger partial charge in [-0.2, -0.15) is 0 Å². The van der Waals surface area contributed by atoms with Crippen LogP contribution in [0.5, 0.6) is 5.75 Å². The van der Waals surface area contributed by atoms with Gasteiger partial charge in [-0.1, -0.05) is 69.0 Å². The Balaban J connectivity index is 1.72. The van der Waals surface area contributed by atoms with Crippen LogP contribution in [0.25, 0.3) is 6.08 Å². The third-order valence-electron chi connectivity index (χ3n) is 5.21. The summed E-state index contributed by atoms with van der Waals surface area (Å²) in [7, 11) is 0. The second kappa shape index (κ2) is 8.39. The van der Waals surface area contributed by atoms with E-state index in [9.17, 15) is 4.79 Å². The predicted molar refractivity (Wildman–Crippen MR) is 105 cm³/mol. The number of ether oxygens (including phenoxy) is 1. The van der Waals surface area contributed by atoms with Crippen molar-refractivity contribution in [2.45, 2.75) is 59.0 Å². The molecule has 1 fully saturated rings. The molecule has 0 atom stereocenters. The Kier molecular flexibility index (Phi) is 5.97. The van der Waals surface area contributed by atoms with Crippen molar-refractivity contribution in [3.05, 3.63) is 69.8 Å². The molecule has 0 bridgehead atoms. The number of aryl methyl sites for hydroxylation is 1. The summed E-state index contributed by atoms with van der Waals surface area (Å²) in [5.74, 6) is 1.43. The molecule has 138 valence electrons. The standard InChI is InChI=1S/C23H28O3/c1-18-22(25-17-19-10-6-5-7-11-19)21(24)16-20(26-18)12-15-23(2)13-8-3-4-9-14-23/h5-7,10-12,15-16H,3-4,8-9,13-14,17H2,1-2H3. The van der Waals surface area contributed by atoms with E-state index in [-0.39, 0.29) is 10.8 Å². The second-order valence-corrected chi connectivity index (χ2v) is 7.57. The van der Waals surface area contributed by atoms with Gasteiger partial charge in [-0.3, -0.25) is 4.79 Å². The summed E-state index contributed by atoms with van der Waals surface area (Å²) in [4.78, 5) is 12.4.